The lowest BCUT2D eigenvalue weighted by Gasteiger charge is -2.35. The molecular formula is C46H62N6O8. The number of carbonyl (C=O) groups excluding carboxylic acids is 7. The van der Waals surface area contributed by atoms with E-state index in [1.165, 1.54) is 15.4 Å². The van der Waals surface area contributed by atoms with Crippen LogP contribution in [0.3, 0.4) is 0 Å². The second-order valence-electron chi connectivity index (χ2n) is 17.2. The van der Waals surface area contributed by atoms with E-state index in [9.17, 15) is 33.6 Å². The summed E-state index contributed by atoms with van der Waals surface area (Å²) in [6.45, 7) is 1.88. The predicted octanol–water partition coefficient (Wildman–Crippen LogP) is 3.48. The predicted molar refractivity (Wildman–Crippen MR) is 224 cm³/mol. The van der Waals surface area contributed by atoms with Crippen LogP contribution in [-0.2, 0) is 44.7 Å². The number of nitrogens with one attached hydrogen (secondary N) is 4. The molecule has 6 rings (SSSR count). The van der Waals surface area contributed by atoms with Crippen LogP contribution in [0.2, 0.25) is 0 Å². The van der Waals surface area contributed by atoms with E-state index in [1.807, 2.05) is 19.1 Å². The number of likely N-dealkylation sites (N-methyl/N-ethyl adjacent to an activating group) is 1. The molecule has 1 saturated heterocycles. The highest BCUT2D eigenvalue weighted by atomic mass is 16.5. The van der Waals surface area contributed by atoms with Gasteiger partial charge in [0.25, 0.3) is 5.91 Å². The zero-order valence-corrected chi connectivity index (χ0v) is 35.3. The first-order valence-electron chi connectivity index (χ1n) is 21.9. The molecule has 4 bridgehead atoms. The third-order valence-corrected chi connectivity index (χ3v) is 12.5. The van der Waals surface area contributed by atoms with Crippen molar-refractivity contribution >= 4 is 41.2 Å². The number of rotatable bonds is 12. The molecule has 14 heteroatoms. The average molecular weight is 827 g/mol. The Morgan fingerprint density at radius 2 is 1.62 bits per heavy atom. The molecule has 4 N–H and O–H groups in total. The Balaban J connectivity index is 1.15. The first-order valence-corrected chi connectivity index (χ1v) is 21.9. The smallest absolute Gasteiger partial charge is 0.290 e. The van der Waals surface area contributed by atoms with Crippen molar-refractivity contribution in [2.45, 2.75) is 127 Å². The van der Waals surface area contributed by atoms with E-state index >= 15 is 0 Å². The molecule has 4 aliphatic rings. The number of amides is 6. The van der Waals surface area contributed by atoms with E-state index in [0.29, 0.717) is 30.4 Å². The molecule has 14 nitrogen and oxygen atoms in total. The van der Waals surface area contributed by atoms with Gasteiger partial charge in [-0.2, -0.15) is 0 Å². The highest BCUT2D eigenvalue weighted by Gasteiger charge is 2.45. The largest absolute Gasteiger partial charge is 0.376 e. The molecule has 60 heavy (non-hydrogen) atoms. The maximum atomic E-state index is 14.7. The normalized spacial score (nSPS) is 24.6. The van der Waals surface area contributed by atoms with Crippen LogP contribution in [0.25, 0.3) is 0 Å². The molecular weight excluding hydrogens is 765 g/mol. The van der Waals surface area contributed by atoms with Crippen molar-refractivity contribution in [1.82, 2.24) is 31.1 Å². The van der Waals surface area contributed by atoms with Gasteiger partial charge in [0.15, 0.2) is 0 Å². The van der Waals surface area contributed by atoms with Crippen LogP contribution in [-0.4, -0.2) is 109 Å². The van der Waals surface area contributed by atoms with E-state index in [4.69, 9.17) is 4.74 Å². The summed E-state index contributed by atoms with van der Waals surface area (Å²) in [5.41, 5.74) is 2.72. The molecule has 2 aliphatic heterocycles. The van der Waals surface area contributed by atoms with E-state index in [1.54, 1.807) is 44.4 Å². The molecule has 0 aromatic heterocycles. The van der Waals surface area contributed by atoms with Crippen molar-refractivity contribution in [2.75, 3.05) is 33.8 Å². The average Bonchev–Trinajstić information content (AvgIpc) is 3.90. The summed E-state index contributed by atoms with van der Waals surface area (Å²) in [7, 11) is 3.14. The van der Waals surface area contributed by atoms with Gasteiger partial charge in [-0.3, -0.25) is 33.6 Å². The Hall–Kier alpha value is -5.11. The maximum Gasteiger partial charge on any atom is 0.290 e. The number of nitrogens with zero attached hydrogens (tertiary/aromatic N) is 2. The molecule has 2 aromatic rings. The van der Waals surface area contributed by atoms with Gasteiger partial charge in [0, 0.05) is 33.7 Å². The van der Waals surface area contributed by atoms with Crippen LogP contribution in [0.5, 0.6) is 0 Å². The lowest BCUT2D eigenvalue weighted by atomic mass is 9.83. The standard InChI is InChI=1S/C46H62N6O8/c1-4-14-36(42(55)44(57)47-27-39(54)50-40(45(58)51(2)3)30-16-7-5-8-17-30)48-43(56)37-26-34-28-52(37)46(59)41(31-18-9-6-10-19-31)49-38(53)24-29-15-13-21-32(23-29)35-25-33(35)20-11-12-22-60-34/h5,7-8,13,15-17,21,23,31,33-37,40-41H,4,6,9-12,14,18-20,22,24-28H2,1-3H3,(H,47,57)(H,48,56)(H,49,53)(H,50,54)/t33?,34-,35?,36?,37+,40+,41+/m1/s1. The van der Waals surface area contributed by atoms with Gasteiger partial charge in [0.1, 0.15) is 18.1 Å². The molecule has 2 saturated carbocycles. The number of Topliss-reactive ketones (excluding diaryl/α,β-unsaturated/α-hetero) is 1. The number of hydrogen-bond acceptors (Lipinski definition) is 8. The van der Waals surface area contributed by atoms with Crippen LogP contribution >= 0.6 is 0 Å². The quantitative estimate of drug-likeness (QED) is 0.235. The number of carbonyl (C=O) groups is 7. The number of hydrogen-bond donors (Lipinski definition) is 4. The van der Waals surface area contributed by atoms with Gasteiger partial charge in [0.2, 0.25) is 35.3 Å². The summed E-state index contributed by atoms with van der Waals surface area (Å²) in [5.74, 6) is -3.21. The SMILES string of the molecule is CCCC(NC(=O)[C@@H]1C[C@@H]2CN1C(=O)[C@H](C1CCCCC1)NC(=O)Cc1cccc(c1)C1CC1CCCCO2)C(=O)C(=O)NCC(=O)N[C@H](C(=O)N(C)C)c1ccccc1. The van der Waals surface area contributed by atoms with E-state index in [2.05, 4.69) is 33.4 Å². The maximum absolute atomic E-state index is 14.7. The first kappa shape index (κ1) is 44.4. The number of fused-ring (bicyclic) bond motifs is 6. The summed E-state index contributed by atoms with van der Waals surface area (Å²) in [5, 5.41) is 10.9. The number of benzene rings is 2. The van der Waals surface area contributed by atoms with Crippen LogP contribution in [0.15, 0.2) is 54.6 Å². The summed E-state index contributed by atoms with van der Waals surface area (Å²) < 4.78 is 6.32. The van der Waals surface area contributed by atoms with Crippen molar-refractivity contribution in [3.8, 4) is 0 Å². The molecule has 2 aromatic carbocycles. The minimum absolute atomic E-state index is 0.0951. The molecule has 3 unspecified atom stereocenters. The Morgan fingerprint density at radius 1 is 0.883 bits per heavy atom. The minimum atomic E-state index is -1.22. The van der Waals surface area contributed by atoms with Crippen LogP contribution in [0.4, 0.5) is 0 Å². The molecule has 6 amide bonds. The third kappa shape index (κ3) is 11.6. The Bertz CT molecular complexity index is 1870. The third-order valence-electron chi connectivity index (χ3n) is 12.5. The molecule has 0 radical (unpaired) electrons. The van der Waals surface area contributed by atoms with Gasteiger partial charge in [-0.1, -0.05) is 93.6 Å². The monoisotopic (exact) mass is 826 g/mol. The fraction of sp³-hybridized carbons (Fsp3) is 0.587. The molecule has 324 valence electrons. The highest BCUT2D eigenvalue weighted by Crippen LogP contribution is 2.50. The molecule has 2 aliphatic carbocycles. The fourth-order valence-corrected chi connectivity index (χ4v) is 9.15. The zero-order chi connectivity index (χ0) is 42.8. The minimum Gasteiger partial charge on any atom is -0.376 e. The van der Waals surface area contributed by atoms with Gasteiger partial charge >= 0.3 is 0 Å². The van der Waals surface area contributed by atoms with Crippen molar-refractivity contribution in [1.29, 1.82) is 0 Å². The van der Waals surface area contributed by atoms with Crippen LogP contribution < -0.4 is 21.3 Å². The molecule has 7 atom stereocenters. The van der Waals surface area contributed by atoms with Gasteiger partial charge in [-0.05, 0) is 73.0 Å². The van der Waals surface area contributed by atoms with E-state index in [-0.39, 0.29) is 49.4 Å². The van der Waals surface area contributed by atoms with Gasteiger partial charge < -0.3 is 35.8 Å². The number of ether oxygens (including phenoxy) is 1. The van der Waals surface area contributed by atoms with E-state index < -0.39 is 60.3 Å². The van der Waals surface area contributed by atoms with Crippen molar-refractivity contribution in [3.05, 3.63) is 71.3 Å². The fourth-order valence-electron chi connectivity index (χ4n) is 9.15. The summed E-state index contributed by atoms with van der Waals surface area (Å²) in [6.07, 6.45) is 9.07. The Kier molecular flexibility index (Phi) is 15.5. The topological polar surface area (TPSA) is 183 Å². The van der Waals surface area contributed by atoms with Gasteiger partial charge in [0.05, 0.1) is 25.1 Å². The highest BCUT2D eigenvalue weighted by molar-refractivity contribution is 6.38. The van der Waals surface area contributed by atoms with Crippen LogP contribution in [0.1, 0.15) is 113 Å². The second kappa shape index (κ2) is 20.9. The van der Waals surface area contributed by atoms with Gasteiger partial charge in [-0.25, -0.2) is 0 Å². The van der Waals surface area contributed by atoms with Gasteiger partial charge in [-0.15, -0.1) is 0 Å². The lowest BCUT2D eigenvalue weighted by Crippen LogP contribution is -2.58. The van der Waals surface area contributed by atoms with Crippen molar-refractivity contribution in [2.24, 2.45) is 11.8 Å². The van der Waals surface area contributed by atoms with Crippen molar-refractivity contribution < 1.29 is 38.3 Å². The van der Waals surface area contributed by atoms with Crippen molar-refractivity contribution in [3.63, 3.8) is 0 Å². The van der Waals surface area contributed by atoms with Crippen LogP contribution in [0, 0.1) is 11.8 Å². The molecule has 2 heterocycles. The molecule has 3 fully saturated rings. The number of ketones is 1. The lowest BCUT2D eigenvalue weighted by molar-refractivity contribution is -0.144. The molecule has 0 spiro atoms. The Morgan fingerprint density at radius 3 is 2.35 bits per heavy atom. The summed E-state index contributed by atoms with van der Waals surface area (Å²) >= 11 is 0. The zero-order valence-electron chi connectivity index (χ0n) is 35.3. The summed E-state index contributed by atoms with van der Waals surface area (Å²) in [6, 6.07) is 12.8. The van der Waals surface area contributed by atoms with E-state index in [0.717, 1.165) is 63.4 Å². The Labute approximate surface area is 353 Å². The first-order chi connectivity index (χ1) is 28.9. The summed E-state index contributed by atoms with van der Waals surface area (Å²) in [4.78, 5) is 98.2. The second-order valence-corrected chi connectivity index (χ2v) is 17.2.